The topological polar surface area (TPSA) is 55.8 Å². The molecule has 23 heavy (non-hydrogen) atoms. The van der Waals surface area contributed by atoms with Crippen molar-refractivity contribution in [2.45, 2.75) is 26.7 Å². The summed E-state index contributed by atoms with van der Waals surface area (Å²) in [5.74, 6) is 0.899. The van der Waals surface area contributed by atoms with Crippen molar-refractivity contribution in [3.05, 3.63) is 48.5 Å². The highest BCUT2D eigenvalue weighted by Crippen LogP contribution is 2.44. The minimum absolute atomic E-state index is 0.306. The van der Waals surface area contributed by atoms with Crippen LogP contribution < -0.4 is 20.1 Å². The minimum Gasteiger partial charge on any atom is -0.493 e. The summed E-state index contributed by atoms with van der Waals surface area (Å²) >= 11 is 0. The first-order valence-corrected chi connectivity index (χ1v) is 9.54. The molecular formula is C18H23O4P. The lowest BCUT2D eigenvalue weighted by atomic mass is 10.3. The number of hydrogen-bond acceptors (Lipinski definition) is 3. The van der Waals surface area contributed by atoms with Gasteiger partial charge in [0.1, 0.15) is 11.5 Å². The number of para-hydroxylation sites is 2. The van der Waals surface area contributed by atoms with Crippen LogP contribution in [-0.2, 0) is 4.57 Å². The van der Waals surface area contributed by atoms with E-state index in [-0.39, 0.29) is 0 Å². The summed E-state index contributed by atoms with van der Waals surface area (Å²) in [5, 5.41) is 0.613. The van der Waals surface area contributed by atoms with E-state index >= 15 is 0 Å². The number of rotatable bonds is 8. The van der Waals surface area contributed by atoms with Crippen LogP contribution in [0.3, 0.4) is 0 Å². The fourth-order valence-electron chi connectivity index (χ4n) is 2.21. The second-order valence-electron chi connectivity index (χ2n) is 5.21. The molecular weight excluding hydrogens is 311 g/mol. The normalized spacial score (nSPS) is 11.3. The molecule has 5 heteroatoms. The van der Waals surface area contributed by atoms with E-state index in [1.165, 1.54) is 0 Å². The van der Waals surface area contributed by atoms with Gasteiger partial charge in [-0.1, -0.05) is 38.1 Å². The van der Waals surface area contributed by atoms with Crippen molar-refractivity contribution in [3.8, 4) is 11.5 Å². The molecule has 0 aromatic heterocycles. The summed E-state index contributed by atoms with van der Waals surface area (Å²) in [6.07, 6.45) is 1.67. The number of ether oxygens (including phenoxy) is 2. The zero-order chi connectivity index (χ0) is 16.7. The number of benzene rings is 2. The Hall–Kier alpha value is -1.77. The zero-order valence-corrected chi connectivity index (χ0v) is 14.5. The summed E-state index contributed by atoms with van der Waals surface area (Å²) in [5.41, 5.74) is 0. The van der Waals surface area contributed by atoms with Crippen LogP contribution in [0, 0.1) is 0 Å². The molecule has 1 N–H and O–H groups in total. The average molecular weight is 334 g/mol. The fraction of sp³-hybridized carbons (Fsp3) is 0.333. The second-order valence-corrected chi connectivity index (χ2v) is 7.32. The van der Waals surface area contributed by atoms with Gasteiger partial charge in [0.15, 0.2) is 0 Å². The molecule has 0 aliphatic carbocycles. The van der Waals surface area contributed by atoms with Crippen LogP contribution in [0.15, 0.2) is 48.5 Å². The Bertz CT molecular complexity index is 629. The van der Waals surface area contributed by atoms with E-state index in [4.69, 9.17) is 9.47 Å². The summed E-state index contributed by atoms with van der Waals surface area (Å²) in [6.45, 7) is 5.00. The Balaban J connectivity index is 2.45. The van der Waals surface area contributed by atoms with Crippen molar-refractivity contribution in [1.82, 2.24) is 0 Å². The van der Waals surface area contributed by atoms with E-state index in [0.717, 1.165) is 12.8 Å². The van der Waals surface area contributed by atoms with Gasteiger partial charge >= 0.3 is 0 Å². The van der Waals surface area contributed by atoms with Gasteiger partial charge in [0.05, 0.1) is 23.8 Å². The van der Waals surface area contributed by atoms with Gasteiger partial charge in [-0.2, -0.15) is 0 Å². The van der Waals surface area contributed by atoms with Crippen LogP contribution in [0.2, 0.25) is 0 Å². The predicted octanol–water partition coefficient (Wildman–Crippen LogP) is 3.49. The predicted molar refractivity (Wildman–Crippen MR) is 93.5 cm³/mol. The van der Waals surface area contributed by atoms with Crippen LogP contribution in [0.5, 0.6) is 11.5 Å². The molecule has 0 radical (unpaired) electrons. The van der Waals surface area contributed by atoms with Gasteiger partial charge in [-0.25, -0.2) is 0 Å². The summed E-state index contributed by atoms with van der Waals surface area (Å²) in [6, 6.07) is 13.8. The maximum atomic E-state index is 13.2. The highest BCUT2D eigenvalue weighted by molar-refractivity contribution is 7.73. The number of hydrogen-bond donors (Lipinski definition) is 1. The van der Waals surface area contributed by atoms with Gasteiger partial charge in [0.2, 0.25) is 0 Å². The van der Waals surface area contributed by atoms with Crippen LogP contribution >= 0.6 is 7.37 Å². The maximum absolute atomic E-state index is 13.2. The largest absolute Gasteiger partial charge is 0.493 e. The molecule has 0 heterocycles. The SMILES string of the molecule is CCCOc1ccccc1P(=O)(O)c1ccccc1OCCC. The monoisotopic (exact) mass is 334 g/mol. The van der Waals surface area contributed by atoms with E-state index in [0.29, 0.717) is 35.3 Å². The molecule has 0 fully saturated rings. The maximum Gasteiger partial charge on any atom is 0.266 e. The van der Waals surface area contributed by atoms with Gasteiger partial charge in [0.25, 0.3) is 7.37 Å². The van der Waals surface area contributed by atoms with Crippen molar-refractivity contribution < 1.29 is 18.9 Å². The molecule has 2 rings (SSSR count). The molecule has 124 valence electrons. The third-order valence-corrected chi connectivity index (χ3v) is 5.35. The first-order chi connectivity index (χ1) is 11.1. The molecule has 4 nitrogen and oxygen atoms in total. The van der Waals surface area contributed by atoms with E-state index in [2.05, 4.69) is 0 Å². The molecule has 0 saturated carbocycles. The highest BCUT2D eigenvalue weighted by Gasteiger charge is 2.31. The summed E-state index contributed by atoms with van der Waals surface area (Å²) in [4.78, 5) is 10.8. The van der Waals surface area contributed by atoms with Crippen molar-refractivity contribution in [2.75, 3.05) is 13.2 Å². The van der Waals surface area contributed by atoms with Crippen LogP contribution in [-0.4, -0.2) is 18.1 Å². The lowest BCUT2D eigenvalue weighted by molar-refractivity contribution is 0.318. The van der Waals surface area contributed by atoms with Gasteiger partial charge in [-0.15, -0.1) is 0 Å². The lowest BCUT2D eigenvalue weighted by Gasteiger charge is -2.19. The first-order valence-electron chi connectivity index (χ1n) is 7.88. The Morgan fingerprint density at radius 1 is 0.826 bits per heavy atom. The zero-order valence-electron chi connectivity index (χ0n) is 13.6. The standard InChI is InChI=1S/C18H23O4P/c1-3-13-21-15-9-5-7-11-17(15)23(19,20)18-12-8-6-10-16(18)22-14-4-2/h5-12H,3-4,13-14H2,1-2H3,(H,19,20). The fourth-order valence-corrected chi connectivity index (χ4v) is 3.92. The summed E-state index contributed by atoms with van der Waals surface area (Å²) in [7, 11) is -3.80. The third-order valence-electron chi connectivity index (χ3n) is 3.31. The van der Waals surface area contributed by atoms with Crippen molar-refractivity contribution in [1.29, 1.82) is 0 Å². The lowest BCUT2D eigenvalue weighted by Crippen LogP contribution is -2.20. The van der Waals surface area contributed by atoms with Gasteiger partial charge < -0.3 is 14.4 Å². The molecule has 0 spiro atoms. The van der Waals surface area contributed by atoms with Crippen molar-refractivity contribution in [2.24, 2.45) is 0 Å². The second kappa shape index (κ2) is 8.19. The Labute approximate surface area is 137 Å². The van der Waals surface area contributed by atoms with E-state index in [9.17, 15) is 9.46 Å². The molecule has 0 atom stereocenters. The Morgan fingerprint density at radius 3 is 1.61 bits per heavy atom. The molecule has 0 amide bonds. The van der Waals surface area contributed by atoms with Gasteiger partial charge in [0, 0.05) is 0 Å². The molecule has 0 aliphatic rings. The molecule has 0 aliphatic heterocycles. The molecule has 0 unspecified atom stereocenters. The van der Waals surface area contributed by atoms with E-state index in [1.807, 2.05) is 13.8 Å². The van der Waals surface area contributed by atoms with Crippen molar-refractivity contribution in [3.63, 3.8) is 0 Å². The Morgan fingerprint density at radius 2 is 1.22 bits per heavy atom. The molecule has 2 aromatic rings. The minimum atomic E-state index is -3.80. The third kappa shape index (κ3) is 4.15. The molecule has 0 bridgehead atoms. The first kappa shape index (κ1) is 17.6. The Kier molecular flexibility index (Phi) is 6.26. The van der Waals surface area contributed by atoms with Crippen LogP contribution in [0.4, 0.5) is 0 Å². The van der Waals surface area contributed by atoms with Crippen molar-refractivity contribution >= 4 is 18.0 Å². The smallest absolute Gasteiger partial charge is 0.266 e. The van der Waals surface area contributed by atoms with Crippen LogP contribution in [0.1, 0.15) is 26.7 Å². The highest BCUT2D eigenvalue weighted by atomic mass is 31.2. The van der Waals surface area contributed by atoms with E-state index < -0.39 is 7.37 Å². The molecule has 2 aromatic carbocycles. The average Bonchev–Trinajstić information content (AvgIpc) is 2.58. The summed E-state index contributed by atoms with van der Waals surface area (Å²) < 4.78 is 24.5. The van der Waals surface area contributed by atoms with Gasteiger partial charge in [-0.3, -0.25) is 4.57 Å². The van der Waals surface area contributed by atoms with Crippen LogP contribution in [0.25, 0.3) is 0 Å². The quantitative estimate of drug-likeness (QED) is 0.751. The van der Waals surface area contributed by atoms with Gasteiger partial charge in [-0.05, 0) is 37.1 Å². The molecule has 0 saturated heterocycles. The van der Waals surface area contributed by atoms with E-state index in [1.54, 1.807) is 48.5 Å².